The molecule has 2 heterocycles. The smallest absolute Gasteiger partial charge is 0.480 e. The summed E-state index contributed by atoms with van der Waals surface area (Å²) in [5.41, 5.74) is 0.703. The van der Waals surface area contributed by atoms with Crippen LogP contribution in [-0.2, 0) is 14.9 Å². The number of aliphatic hydroxyl groups is 1. The molecule has 2 aromatic rings. The van der Waals surface area contributed by atoms with Crippen LogP contribution in [-0.4, -0.2) is 40.3 Å². The van der Waals surface area contributed by atoms with Gasteiger partial charge in [-0.3, -0.25) is 9.53 Å². The van der Waals surface area contributed by atoms with E-state index in [0.29, 0.717) is 47.1 Å². The number of benzene rings is 1. The molecule has 34 heavy (non-hydrogen) atoms. The zero-order chi connectivity index (χ0) is 23.9. The molecule has 4 aliphatic carbocycles. The first-order valence-electron chi connectivity index (χ1n) is 11.2. The highest BCUT2D eigenvalue weighted by Crippen LogP contribution is 2.68. The number of nitrogens with zero attached hydrogens (tertiary/aromatic N) is 1. The maximum absolute atomic E-state index is 12.9. The number of hydrogen-bond donors (Lipinski definition) is 2. The summed E-state index contributed by atoms with van der Waals surface area (Å²) in [6.07, 6.45) is -4.30. The minimum atomic E-state index is -4.62. The Balaban J connectivity index is 1.03. The van der Waals surface area contributed by atoms with Crippen molar-refractivity contribution in [2.45, 2.75) is 80.1 Å². The molecule has 1 aromatic heterocycles. The maximum atomic E-state index is 12.9. The Hall–Kier alpha value is -2.30. The lowest BCUT2D eigenvalue weighted by molar-refractivity contribution is -0.351. The Morgan fingerprint density at radius 2 is 1.94 bits per heavy atom. The Morgan fingerprint density at radius 1 is 1.21 bits per heavy atom. The van der Waals surface area contributed by atoms with Crippen LogP contribution < -0.4 is 10.1 Å². The summed E-state index contributed by atoms with van der Waals surface area (Å²) in [5.74, 6) is 0.800. The van der Waals surface area contributed by atoms with Gasteiger partial charge in [0, 0.05) is 39.9 Å². The van der Waals surface area contributed by atoms with Gasteiger partial charge in [-0.2, -0.15) is 0 Å². The average molecular weight is 499 g/mol. The van der Waals surface area contributed by atoms with Crippen LogP contribution in [0.5, 0.6) is 5.75 Å². The zero-order valence-corrected chi connectivity index (χ0v) is 18.7. The van der Waals surface area contributed by atoms with Crippen molar-refractivity contribution in [1.82, 2.24) is 10.5 Å². The Morgan fingerprint density at radius 3 is 2.65 bits per heavy atom. The molecule has 0 saturated heterocycles. The second-order valence-corrected chi connectivity index (χ2v) is 10.5. The van der Waals surface area contributed by atoms with Gasteiger partial charge in [0.25, 0.3) is 5.91 Å². The van der Waals surface area contributed by atoms with Gasteiger partial charge < -0.3 is 19.7 Å². The van der Waals surface area contributed by atoms with E-state index in [1.165, 1.54) is 0 Å². The average Bonchev–Trinajstić information content (AvgIpc) is 3.14. The van der Waals surface area contributed by atoms with Gasteiger partial charge in [-0.25, -0.2) is 0 Å². The van der Waals surface area contributed by atoms with Gasteiger partial charge in [-0.15, -0.1) is 13.2 Å². The number of rotatable bonds is 5. The topological polar surface area (TPSA) is 93.8 Å². The second kappa shape index (κ2) is 7.35. The molecule has 2 atom stereocenters. The first-order chi connectivity index (χ1) is 16.0. The predicted molar refractivity (Wildman–Crippen MR) is 111 cm³/mol. The van der Waals surface area contributed by atoms with Gasteiger partial charge in [0.2, 0.25) is 0 Å². The number of amides is 1. The molecular weight excluding hydrogens is 477 g/mol. The number of nitrogens with one attached hydrogen (secondary N) is 1. The standard InChI is InChI=1S/C23H22ClF3N2O5/c24-12-1-2-17-14(5-12)16(30)7-18(32-17)20(31)28-22-8-21(9-22,10-22)19-6-15(29-34-19)11-3-13(4-11)33-23(25,26)27/h1-2,5-6,11,13,16,18,30H,3-4,7-10H2,(H,28,31)/t11-,13+,16-,18-,21?,22?/m1/s1. The molecule has 2 N–H and O–H groups in total. The highest BCUT2D eigenvalue weighted by Gasteiger charge is 2.71. The van der Waals surface area contributed by atoms with Gasteiger partial charge in [-0.05, 0) is 50.3 Å². The second-order valence-electron chi connectivity index (χ2n) is 10.1. The summed E-state index contributed by atoms with van der Waals surface area (Å²) < 4.78 is 52.3. The molecule has 7 nitrogen and oxygen atoms in total. The van der Waals surface area contributed by atoms with Crippen LogP contribution in [0.15, 0.2) is 28.8 Å². The van der Waals surface area contributed by atoms with E-state index in [0.717, 1.165) is 0 Å². The Bertz CT molecular complexity index is 1130. The number of halogens is 4. The number of ether oxygens (including phenoxy) is 2. The van der Waals surface area contributed by atoms with Gasteiger partial charge in [0.05, 0.1) is 17.9 Å². The fourth-order valence-corrected chi connectivity index (χ4v) is 6.11. The number of aromatic nitrogens is 1. The molecule has 1 amide bonds. The quantitative estimate of drug-likeness (QED) is 0.639. The van der Waals surface area contributed by atoms with Crippen LogP contribution in [0.4, 0.5) is 13.2 Å². The van der Waals surface area contributed by atoms with Crippen LogP contribution >= 0.6 is 11.6 Å². The summed E-state index contributed by atoms with van der Waals surface area (Å²) in [4.78, 5) is 12.9. The minimum absolute atomic E-state index is 0.0986. The highest BCUT2D eigenvalue weighted by atomic mass is 35.5. The van der Waals surface area contributed by atoms with E-state index in [2.05, 4.69) is 15.2 Å². The molecule has 182 valence electrons. The lowest BCUT2D eigenvalue weighted by Gasteiger charge is -2.69. The largest absolute Gasteiger partial charge is 0.522 e. The SMILES string of the molecule is O=C(NC12CC(c3cc([C@H]4C[C@@H](OC(F)(F)F)C4)no3)(C1)C2)[C@H]1C[C@@H](O)c2cc(Cl)ccc2O1. The summed E-state index contributed by atoms with van der Waals surface area (Å²) in [6, 6.07) is 6.77. The number of fused-ring (bicyclic) bond motifs is 1. The minimum Gasteiger partial charge on any atom is -0.480 e. The predicted octanol–water partition coefficient (Wildman–Crippen LogP) is 4.29. The van der Waals surface area contributed by atoms with E-state index in [-0.39, 0.29) is 42.0 Å². The number of carbonyl (C=O) groups is 1. The van der Waals surface area contributed by atoms with E-state index >= 15 is 0 Å². The summed E-state index contributed by atoms with van der Waals surface area (Å²) in [5, 5.41) is 18.1. The van der Waals surface area contributed by atoms with Crippen LogP contribution in [0.25, 0.3) is 0 Å². The van der Waals surface area contributed by atoms with E-state index in [1.807, 2.05) is 6.07 Å². The lowest BCUT2D eigenvalue weighted by atomic mass is 9.38. The van der Waals surface area contributed by atoms with Crippen molar-refractivity contribution in [3.05, 3.63) is 46.3 Å². The van der Waals surface area contributed by atoms with Crippen LogP contribution in [0, 0.1) is 0 Å². The van der Waals surface area contributed by atoms with E-state index in [1.54, 1.807) is 18.2 Å². The highest BCUT2D eigenvalue weighted by molar-refractivity contribution is 6.30. The molecule has 1 aromatic carbocycles. The Kier molecular flexibility index (Phi) is 4.80. The van der Waals surface area contributed by atoms with Gasteiger partial charge >= 0.3 is 6.36 Å². The van der Waals surface area contributed by atoms with Gasteiger partial charge in [-0.1, -0.05) is 16.8 Å². The fourth-order valence-electron chi connectivity index (χ4n) is 5.93. The van der Waals surface area contributed by atoms with Gasteiger partial charge in [0.1, 0.15) is 11.5 Å². The number of hydrogen-bond acceptors (Lipinski definition) is 6. The molecule has 0 radical (unpaired) electrons. The first kappa shape index (κ1) is 22.2. The molecule has 4 saturated carbocycles. The first-order valence-corrected chi connectivity index (χ1v) is 11.6. The molecule has 1 aliphatic heterocycles. The molecule has 2 bridgehead atoms. The Labute approximate surface area is 197 Å². The number of alkyl halides is 3. The van der Waals surface area contributed by atoms with Crippen LogP contribution in [0.3, 0.4) is 0 Å². The third-order valence-electron chi connectivity index (χ3n) is 7.61. The van der Waals surface area contributed by atoms with E-state index < -0.39 is 24.7 Å². The number of aliphatic hydroxyl groups excluding tert-OH is 1. The van der Waals surface area contributed by atoms with Crippen molar-refractivity contribution >= 4 is 17.5 Å². The van der Waals surface area contributed by atoms with Crippen molar-refractivity contribution in [1.29, 1.82) is 0 Å². The summed E-state index contributed by atoms with van der Waals surface area (Å²) >= 11 is 5.98. The van der Waals surface area contributed by atoms with Crippen molar-refractivity contribution in [2.75, 3.05) is 0 Å². The third-order valence-corrected chi connectivity index (χ3v) is 7.85. The molecule has 0 unspecified atom stereocenters. The fraction of sp³-hybridized carbons (Fsp3) is 0.565. The molecular formula is C23H22ClF3N2O5. The molecule has 11 heteroatoms. The molecule has 7 rings (SSSR count). The molecule has 4 fully saturated rings. The van der Waals surface area contributed by atoms with Crippen molar-refractivity contribution in [2.24, 2.45) is 0 Å². The summed E-state index contributed by atoms with van der Waals surface area (Å²) in [6.45, 7) is 0. The van der Waals surface area contributed by atoms with Crippen molar-refractivity contribution in [3.8, 4) is 5.75 Å². The normalized spacial score (nSPS) is 35.8. The number of carbonyl (C=O) groups excluding carboxylic acids is 1. The van der Waals surface area contributed by atoms with E-state index in [4.69, 9.17) is 20.9 Å². The van der Waals surface area contributed by atoms with Crippen LogP contribution in [0.1, 0.15) is 67.6 Å². The third kappa shape index (κ3) is 3.67. The van der Waals surface area contributed by atoms with Crippen molar-refractivity contribution < 1.29 is 37.1 Å². The van der Waals surface area contributed by atoms with Gasteiger partial charge in [0.15, 0.2) is 6.10 Å². The van der Waals surface area contributed by atoms with E-state index in [9.17, 15) is 23.1 Å². The monoisotopic (exact) mass is 498 g/mol. The summed E-state index contributed by atoms with van der Waals surface area (Å²) in [7, 11) is 0. The van der Waals surface area contributed by atoms with Crippen LogP contribution in [0.2, 0.25) is 5.02 Å². The van der Waals surface area contributed by atoms with Crippen molar-refractivity contribution in [3.63, 3.8) is 0 Å². The molecule has 0 spiro atoms. The zero-order valence-electron chi connectivity index (χ0n) is 17.9. The lowest BCUT2D eigenvalue weighted by Crippen LogP contribution is -2.77. The molecule has 5 aliphatic rings. The maximum Gasteiger partial charge on any atom is 0.522 e.